The predicted molar refractivity (Wildman–Crippen MR) is 133 cm³/mol. The molecule has 2 N–H and O–H groups in total. The molecule has 0 bridgehead atoms. The summed E-state index contributed by atoms with van der Waals surface area (Å²) >= 11 is 0. The van der Waals surface area contributed by atoms with Crippen molar-refractivity contribution in [1.82, 2.24) is 15.5 Å². The first-order chi connectivity index (χ1) is 17.8. The summed E-state index contributed by atoms with van der Waals surface area (Å²) in [6.45, 7) is 1.78. The van der Waals surface area contributed by atoms with Gasteiger partial charge in [-0.25, -0.2) is 0 Å². The van der Waals surface area contributed by atoms with E-state index in [4.69, 9.17) is 4.84 Å². The van der Waals surface area contributed by atoms with Gasteiger partial charge in [-0.2, -0.15) is 13.2 Å². The molecule has 2 aromatic carbocycles. The quantitative estimate of drug-likeness (QED) is 0.517. The fourth-order valence-corrected chi connectivity index (χ4v) is 4.78. The van der Waals surface area contributed by atoms with Crippen molar-refractivity contribution in [2.75, 3.05) is 19.6 Å². The summed E-state index contributed by atoms with van der Waals surface area (Å²) in [6, 6.07) is 14.4. The maximum Gasteiger partial charge on any atom is 0.416 e. The number of hydrogen-bond acceptors (Lipinski definition) is 5. The van der Waals surface area contributed by atoms with Gasteiger partial charge in [0.2, 0.25) is 5.91 Å². The van der Waals surface area contributed by atoms with Gasteiger partial charge < -0.3 is 15.5 Å². The Kier molecular flexibility index (Phi) is 8.81. The Morgan fingerprint density at radius 2 is 1.78 bits per heavy atom. The number of nitrogens with zero attached hydrogens (tertiary/aromatic N) is 2. The number of alkyl halides is 3. The van der Waals surface area contributed by atoms with Crippen LogP contribution in [0.1, 0.15) is 53.6 Å². The van der Waals surface area contributed by atoms with Crippen LogP contribution < -0.4 is 10.6 Å². The third-order valence-corrected chi connectivity index (χ3v) is 6.76. The standard InChI is InChI=1S/C27H31F3N4O3/c28-27(29,30)21-8-4-7-20(15-21)26(36)31-16-25(35)32-23-13-14-34(17-23)24-11-9-22(10-12-24)33-37-18-19-5-2-1-3-6-19/h1-8,15,23-24H,9-14,16-18H2,(H,31,36)(H,32,35)/t23-,24?/m1/s1. The number of benzene rings is 2. The Labute approximate surface area is 214 Å². The van der Waals surface area contributed by atoms with Crippen LogP contribution in [0, 0.1) is 0 Å². The lowest BCUT2D eigenvalue weighted by Crippen LogP contribution is -2.44. The van der Waals surface area contributed by atoms with Crippen LogP contribution in [0.4, 0.5) is 13.2 Å². The number of carbonyl (C=O) groups excluding carboxylic acids is 2. The number of halogens is 3. The Bertz CT molecular complexity index is 1100. The second-order valence-electron chi connectivity index (χ2n) is 9.46. The van der Waals surface area contributed by atoms with Crippen molar-refractivity contribution < 1.29 is 27.6 Å². The molecule has 2 aromatic rings. The molecule has 37 heavy (non-hydrogen) atoms. The van der Waals surface area contributed by atoms with Gasteiger partial charge in [0, 0.05) is 30.7 Å². The van der Waals surface area contributed by atoms with Gasteiger partial charge in [-0.1, -0.05) is 41.6 Å². The summed E-state index contributed by atoms with van der Waals surface area (Å²) in [5, 5.41) is 9.64. The molecular formula is C27H31F3N4O3. The number of rotatable bonds is 8. The highest BCUT2D eigenvalue weighted by Crippen LogP contribution is 2.29. The Hall–Kier alpha value is -3.40. The molecule has 1 heterocycles. The van der Waals surface area contributed by atoms with Crippen LogP contribution in [0.2, 0.25) is 0 Å². The lowest BCUT2D eigenvalue weighted by atomic mass is 9.93. The van der Waals surface area contributed by atoms with Gasteiger partial charge in [0.25, 0.3) is 5.91 Å². The van der Waals surface area contributed by atoms with Crippen LogP contribution in [0.5, 0.6) is 0 Å². The molecule has 7 nitrogen and oxygen atoms in total. The van der Waals surface area contributed by atoms with E-state index in [1.807, 2.05) is 30.3 Å². The van der Waals surface area contributed by atoms with Crippen LogP contribution in [0.3, 0.4) is 0 Å². The zero-order chi connectivity index (χ0) is 26.3. The monoisotopic (exact) mass is 516 g/mol. The average Bonchev–Trinajstić information content (AvgIpc) is 3.36. The van der Waals surface area contributed by atoms with Crippen LogP contribution in [0.25, 0.3) is 0 Å². The number of oxime groups is 1. The van der Waals surface area contributed by atoms with Gasteiger partial charge in [0.1, 0.15) is 6.61 Å². The molecular weight excluding hydrogens is 485 g/mol. The van der Waals surface area contributed by atoms with Crippen molar-refractivity contribution in [2.24, 2.45) is 5.16 Å². The number of nitrogens with one attached hydrogen (secondary N) is 2. The molecule has 10 heteroatoms. The number of amides is 2. The van der Waals surface area contributed by atoms with Crippen LogP contribution in [-0.4, -0.2) is 54.1 Å². The predicted octanol–water partition coefficient (Wildman–Crippen LogP) is 4.14. The van der Waals surface area contributed by atoms with E-state index in [0.29, 0.717) is 12.6 Å². The molecule has 1 aliphatic carbocycles. The summed E-state index contributed by atoms with van der Waals surface area (Å²) < 4.78 is 38.6. The Morgan fingerprint density at radius 1 is 1.03 bits per heavy atom. The van der Waals surface area contributed by atoms with E-state index >= 15 is 0 Å². The molecule has 198 valence electrons. The van der Waals surface area contributed by atoms with E-state index in [-0.39, 0.29) is 24.1 Å². The van der Waals surface area contributed by atoms with E-state index < -0.39 is 17.6 Å². The molecule has 0 radical (unpaired) electrons. The minimum Gasteiger partial charge on any atom is -0.391 e. The normalized spacial score (nSPS) is 20.4. The molecule has 1 atom stereocenters. The average molecular weight is 517 g/mol. The van der Waals surface area contributed by atoms with Crippen molar-refractivity contribution in [3.05, 3.63) is 71.3 Å². The van der Waals surface area contributed by atoms with Gasteiger partial charge in [0.15, 0.2) is 0 Å². The van der Waals surface area contributed by atoms with E-state index in [2.05, 4.69) is 20.7 Å². The van der Waals surface area contributed by atoms with E-state index in [9.17, 15) is 22.8 Å². The van der Waals surface area contributed by atoms with Crippen molar-refractivity contribution in [2.45, 2.75) is 57.0 Å². The molecule has 2 aliphatic rings. The summed E-state index contributed by atoms with van der Waals surface area (Å²) in [6.07, 6.45) is 0.0153. The third kappa shape index (κ3) is 7.79. The summed E-state index contributed by atoms with van der Waals surface area (Å²) in [5.74, 6) is -1.08. The zero-order valence-electron chi connectivity index (χ0n) is 20.5. The first-order valence-electron chi connectivity index (χ1n) is 12.5. The highest BCUT2D eigenvalue weighted by atomic mass is 19.4. The second kappa shape index (κ2) is 12.2. The largest absolute Gasteiger partial charge is 0.416 e. The molecule has 1 saturated carbocycles. The fourth-order valence-electron chi connectivity index (χ4n) is 4.78. The maximum absolute atomic E-state index is 12.9. The molecule has 0 spiro atoms. The molecule has 4 rings (SSSR count). The van der Waals surface area contributed by atoms with Crippen molar-refractivity contribution in [3.8, 4) is 0 Å². The van der Waals surface area contributed by atoms with E-state index in [1.165, 1.54) is 12.1 Å². The summed E-state index contributed by atoms with van der Waals surface area (Å²) in [7, 11) is 0. The van der Waals surface area contributed by atoms with Crippen molar-refractivity contribution in [1.29, 1.82) is 0 Å². The molecule has 0 aromatic heterocycles. The highest BCUT2D eigenvalue weighted by molar-refractivity contribution is 5.96. The third-order valence-electron chi connectivity index (χ3n) is 6.76. The topological polar surface area (TPSA) is 83.0 Å². The maximum atomic E-state index is 12.9. The fraction of sp³-hybridized carbons (Fsp3) is 0.444. The van der Waals surface area contributed by atoms with Gasteiger partial charge in [-0.3, -0.25) is 14.5 Å². The van der Waals surface area contributed by atoms with Crippen molar-refractivity contribution in [3.63, 3.8) is 0 Å². The lowest BCUT2D eigenvalue weighted by Gasteiger charge is -2.31. The number of carbonyl (C=O) groups is 2. The second-order valence-corrected chi connectivity index (χ2v) is 9.46. The van der Waals surface area contributed by atoms with Gasteiger partial charge >= 0.3 is 6.18 Å². The smallest absolute Gasteiger partial charge is 0.391 e. The lowest BCUT2D eigenvalue weighted by molar-refractivity contribution is -0.137. The first-order valence-corrected chi connectivity index (χ1v) is 12.5. The van der Waals surface area contributed by atoms with Gasteiger partial charge in [-0.15, -0.1) is 0 Å². The first kappa shape index (κ1) is 26.7. The van der Waals surface area contributed by atoms with Crippen molar-refractivity contribution >= 4 is 17.5 Å². The van der Waals surface area contributed by atoms with E-state index in [0.717, 1.165) is 68.6 Å². The van der Waals surface area contributed by atoms with Crippen LogP contribution in [0.15, 0.2) is 59.8 Å². The molecule has 1 saturated heterocycles. The number of hydrogen-bond donors (Lipinski definition) is 2. The minimum atomic E-state index is -4.54. The Morgan fingerprint density at radius 3 is 2.51 bits per heavy atom. The minimum absolute atomic E-state index is 0.0257. The molecule has 2 fully saturated rings. The number of likely N-dealkylation sites (tertiary alicyclic amines) is 1. The van der Waals surface area contributed by atoms with Crippen LogP contribution in [-0.2, 0) is 22.4 Å². The SMILES string of the molecule is O=C(CNC(=O)c1cccc(C(F)(F)F)c1)N[C@@H]1CCN(C2CCC(=NOCc3ccccc3)CC2)C1. The highest BCUT2D eigenvalue weighted by Gasteiger charge is 2.32. The molecule has 0 unspecified atom stereocenters. The van der Waals surface area contributed by atoms with Gasteiger partial charge in [-0.05, 0) is 55.9 Å². The molecule has 1 aliphatic heterocycles. The zero-order valence-corrected chi connectivity index (χ0v) is 20.5. The van der Waals surface area contributed by atoms with Gasteiger partial charge in [0.05, 0.1) is 17.8 Å². The van der Waals surface area contributed by atoms with E-state index in [1.54, 1.807) is 0 Å². The summed E-state index contributed by atoms with van der Waals surface area (Å²) in [4.78, 5) is 32.4. The summed E-state index contributed by atoms with van der Waals surface area (Å²) in [5.41, 5.74) is 1.12. The van der Waals surface area contributed by atoms with Crippen LogP contribution >= 0.6 is 0 Å². The molecule has 2 amide bonds. The Balaban J connectivity index is 1.15.